The average Bonchev–Trinajstić information content (AvgIpc) is 2.29. The van der Waals surface area contributed by atoms with Gasteiger partial charge in [0.05, 0.1) is 19.9 Å². The summed E-state index contributed by atoms with van der Waals surface area (Å²) in [6, 6.07) is 1.50. The van der Waals surface area contributed by atoms with Crippen molar-refractivity contribution in [1.82, 2.24) is 0 Å². The van der Waals surface area contributed by atoms with E-state index in [4.69, 9.17) is 31.5 Å². The highest BCUT2D eigenvalue weighted by Crippen LogP contribution is 2.39. The molecule has 2 N–H and O–H groups in total. The van der Waals surface area contributed by atoms with E-state index in [1.807, 2.05) is 0 Å². The number of carbonyl (C=O) groups is 1. The number of anilines is 1. The van der Waals surface area contributed by atoms with E-state index < -0.39 is 11.6 Å². The fourth-order valence-electron chi connectivity index (χ4n) is 1.48. The maximum Gasteiger partial charge on any atom is 0.344 e. The third-order valence-electron chi connectivity index (χ3n) is 2.27. The number of esters is 1. The van der Waals surface area contributed by atoms with Crippen molar-refractivity contribution in [3.05, 3.63) is 16.7 Å². The van der Waals surface area contributed by atoms with E-state index in [-0.39, 0.29) is 22.0 Å². The number of nitrogen functional groups attached to an aromatic ring is 1. The first-order chi connectivity index (χ1) is 8.71. The summed E-state index contributed by atoms with van der Waals surface area (Å²) in [5.74, 6) is 0.00253. The van der Waals surface area contributed by atoms with Crippen molar-refractivity contribution in [3.8, 4) is 11.5 Å². The summed E-state index contributed by atoms with van der Waals surface area (Å²) in [5, 5.41) is 0.157. The molecule has 0 bridgehead atoms. The molecule has 106 valence electrons. The average molecular weight is 288 g/mol. The first kappa shape index (κ1) is 15.4. The third kappa shape index (κ3) is 3.44. The summed E-state index contributed by atoms with van der Waals surface area (Å²) in [4.78, 5) is 12.1. The van der Waals surface area contributed by atoms with Gasteiger partial charge in [0.25, 0.3) is 0 Å². The summed E-state index contributed by atoms with van der Waals surface area (Å²) in [5.41, 5.74) is 5.40. The van der Waals surface area contributed by atoms with Crippen LogP contribution in [-0.2, 0) is 4.74 Å². The van der Waals surface area contributed by atoms with E-state index in [9.17, 15) is 4.79 Å². The Labute approximate surface area is 117 Å². The van der Waals surface area contributed by atoms with Gasteiger partial charge in [-0.05, 0) is 20.8 Å². The van der Waals surface area contributed by atoms with E-state index in [1.165, 1.54) is 20.3 Å². The molecule has 1 rings (SSSR count). The number of hydrogen-bond donors (Lipinski definition) is 1. The molecule has 6 heteroatoms. The SMILES string of the molecule is COc1cc(OC)c(C(=O)OC(C)(C)C)c(N)c1Cl. The Morgan fingerprint density at radius 1 is 1.21 bits per heavy atom. The number of hydrogen-bond acceptors (Lipinski definition) is 5. The molecule has 0 radical (unpaired) electrons. The molecule has 0 aliphatic rings. The molecule has 0 spiro atoms. The highest BCUT2D eigenvalue weighted by atomic mass is 35.5. The molecule has 0 atom stereocenters. The van der Waals surface area contributed by atoms with Gasteiger partial charge >= 0.3 is 5.97 Å². The number of halogens is 1. The fraction of sp³-hybridized carbons (Fsp3) is 0.462. The maximum atomic E-state index is 12.1. The van der Waals surface area contributed by atoms with E-state index in [2.05, 4.69) is 0 Å². The number of methoxy groups -OCH3 is 2. The maximum absolute atomic E-state index is 12.1. The number of benzene rings is 1. The van der Waals surface area contributed by atoms with Crippen LogP contribution in [0.4, 0.5) is 5.69 Å². The largest absolute Gasteiger partial charge is 0.496 e. The van der Waals surface area contributed by atoms with Crippen molar-refractivity contribution in [2.24, 2.45) is 0 Å². The number of rotatable bonds is 3. The molecule has 1 aromatic carbocycles. The van der Waals surface area contributed by atoms with E-state index in [0.29, 0.717) is 5.75 Å². The highest BCUT2D eigenvalue weighted by molar-refractivity contribution is 6.35. The van der Waals surface area contributed by atoms with Crippen molar-refractivity contribution in [1.29, 1.82) is 0 Å². The molecule has 0 amide bonds. The Kier molecular flexibility index (Phi) is 4.52. The van der Waals surface area contributed by atoms with Crippen LogP contribution in [0.2, 0.25) is 5.02 Å². The van der Waals surface area contributed by atoms with Crippen LogP contribution in [0, 0.1) is 0 Å². The monoisotopic (exact) mass is 287 g/mol. The Hall–Kier alpha value is -1.62. The smallest absolute Gasteiger partial charge is 0.344 e. The predicted octanol–water partition coefficient (Wildman–Crippen LogP) is 2.89. The Bertz CT molecular complexity index is 494. The first-order valence-corrected chi connectivity index (χ1v) is 6.02. The van der Waals surface area contributed by atoms with Gasteiger partial charge in [-0.15, -0.1) is 0 Å². The summed E-state index contributed by atoms with van der Waals surface area (Å²) < 4.78 is 15.5. The lowest BCUT2D eigenvalue weighted by molar-refractivity contribution is 0.00678. The van der Waals surface area contributed by atoms with Crippen molar-refractivity contribution in [3.63, 3.8) is 0 Å². The second-order valence-electron chi connectivity index (χ2n) is 4.89. The van der Waals surface area contributed by atoms with Crippen LogP contribution in [0.25, 0.3) is 0 Å². The molecule has 0 heterocycles. The number of carbonyl (C=O) groups excluding carboxylic acids is 1. The topological polar surface area (TPSA) is 70.8 Å². The zero-order valence-corrected chi connectivity index (χ0v) is 12.4. The molecular formula is C13H18ClNO4. The van der Waals surface area contributed by atoms with E-state index in [0.717, 1.165) is 0 Å². The van der Waals surface area contributed by atoms with Gasteiger partial charge < -0.3 is 19.9 Å². The van der Waals surface area contributed by atoms with Gasteiger partial charge in [-0.1, -0.05) is 11.6 Å². The number of nitrogens with two attached hydrogens (primary N) is 1. The van der Waals surface area contributed by atoms with Crippen LogP contribution in [0.3, 0.4) is 0 Å². The van der Waals surface area contributed by atoms with Gasteiger partial charge in [0.2, 0.25) is 0 Å². The third-order valence-corrected chi connectivity index (χ3v) is 2.66. The molecular weight excluding hydrogens is 270 g/mol. The Morgan fingerprint density at radius 3 is 2.16 bits per heavy atom. The molecule has 1 aromatic rings. The number of ether oxygens (including phenoxy) is 3. The van der Waals surface area contributed by atoms with Gasteiger partial charge in [0, 0.05) is 6.07 Å². The summed E-state index contributed by atoms with van der Waals surface area (Å²) >= 11 is 6.03. The van der Waals surface area contributed by atoms with Crippen LogP contribution >= 0.6 is 11.6 Å². The lowest BCUT2D eigenvalue weighted by Crippen LogP contribution is -2.25. The first-order valence-electron chi connectivity index (χ1n) is 5.64. The zero-order valence-electron chi connectivity index (χ0n) is 11.7. The standard InChI is InChI=1S/C13H18ClNO4/c1-13(2,3)19-12(16)9-7(17-4)6-8(18-5)10(14)11(9)15/h6H,15H2,1-5H3. The molecule has 19 heavy (non-hydrogen) atoms. The molecule has 5 nitrogen and oxygen atoms in total. The molecule has 0 fully saturated rings. The summed E-state index contributed by atoms with van der Waals surface area (Å²) in [6.45, 7) is 5.29. The Morgan fingerprint density at radius 2 is 1.74 bits per heavy atom. The minimum atomic E-state index is -0.638. The molecule has 0 saturated carbocycles. The molecule has 0 saturated heterocycles. The van der Waals surface area contributed by atoms with Gasteiger partial charge in [-0.3, -0.25) is 0 Å². The van der Waals surface area contributed by atoms with E-state index in [1.54, 1.807) is 20.8 Å². The van der Waals surface area contributed by atoms with Crippen LogP contribution in [0.1, 0.15) is 31.1 Å². The zero-order chi connectivity index (χ0) is 14.8. The van der Waals surface area contributed by atoms with Crippen LogP contribution in [-0.4, -0.2) is 25.8 Å². The molecule has 0 aromatic heterocycles. The second kappa shape index (κ2) is 5.57. The van der Waals surface area contributed by atoms with Crippen molar-refractivity contribution in [2.75, 3.05) is 20.0 Å². The van der Waals surface area contributed by atoms with Crippen LogP contribution < -0.4 is 15.2 Å². The van der Waals surface area contributed by atoms with Crippen LogP contribution in [0.15, 0.2) is 6.07 Å². The van der Waals surface area contributed by atoms with Crippen molar-refractivity contribution < 1.29 is 19.0 Å². The van der Waals surface area contributed by atoms with Gasteiger partial charge in [0.1, 0.15) is 27.7 Å². The predicted molar refractivity (Wildman–Crippen MR) is 74.1 cm³/mol. The molecule has 0 unspecified atom stereocenters. The van der Waals surface area contributed by atoms with Gasteiger partial charge in [0.15, 0.2) is 0 Å². The van der Waals surface area contributed by atoms with Gasteiger partial charge in [-0.25, -0.2) is 4.79 Å². The fourth-order valence-corrected chi connectivity index (χ4v) is 1.71. The Balaban J connectivity index is 3.34. The summed E-state index contributed by atoms with van der Waals surface area (Å²) in [7, 11) is 2.88. The highest BCUT2D eigenvalue weighted by Gasteiger charge is 2.26. The lowest BCUT2D eigenvalue weighted by Gasteiger charge is -2.21. The second-order valence-corrected chi connectivity index (χ2v) is 5.26. The molecule has 0 aliphatic heterocycles. The lowest BCUT2D eigenvalue weighted by atomic mass is 10.1. The minimum absolute atomic E-state index is 0.0760. The van der Waals surface area contributed by atoms with Crippen molar-refractivity contribution in [2.45, 2.75) is 26.4 Å². The minimum Gasteiger partial charge on any atom is -0.496 e. The van der Waals surface area contributed by atoms with E-state index >= 15 is 0 Å². The van der Waals surface area contributed by atoms with Gasteiger partial charge in [-0.2, -0.15) is 0 Å². The van der Waals surface area contributed by atoms with Crippen LogP contribution in [0.5, 0.6) is 11.5 Å². The quantitative estimate of drug-likeness (QED) is 0.684. The molecule has 0 aliphatic carbocycles. The normalized spacial score (nSPS) is 11.1. The summed E-state index contributed by atoms with van der Waals surface area (Å²) in [6.07, 6.45) is 0. The van der Waals surface area contributed by atoms with Crippen molar-refractivity contribution >= 4 is 23.3 Å².